The summed E-state index contributed by atoms with van der Waals surface area (Å²) in [5, 5.41) is 3.55. The predicted octanol–water partition coefficient (Wildman–Crippen LogP) is 3.04. The van der Waals surface area contributed by atoms with Crippen LogP contribution in [-0.2, 0) is 4.74 Å². The maximum absolute atomic E-state index is 12.2. The number of ether oxygens (including phenoxy) is 1. The van der Waals surface area contributed by atoms with Gasteiger partial charge >= 0.3 is 6.09 Å². The van der Waals surface area contributed by atoms with Gasteiger partial charge in [0.15, 0.2) is 5.96 Å². The van der Waals surface area contributed by atoms with E-state index in [-0.39, 0.29) is 30.1 Å². The summed E-state index contributed by atoms with van der Waals surface area (Å²) in [6, 6.07) is 6.04. The van der Waals surface area contributed by atoms with E-state index in [0.717, 1.165) is 70.4 Å². The molecule has 0 unspecified atom stereocenters. The predicted molar refractivity (Wildman–Crippen MR) is 135 cm³/mol. The molecule has 1 aromatic rings. The summed E-state index contributed by atoms with van der Waals surface area (Å²) in [5.74, 6) is 2.54. The van der Waals surface area contributed by atoms with Gasteiger partial charge in [0.05, 0.1) is 0 Å². The number of hydrogen-bond acceptors (Lipinski definition) is 5. The fraction of sp³-hybridized carbons (Fsp3) is 0.682. The molecular formula is C22H37IN6O2. The van der Waals surface area contributed by atoms with Crippen molar-refractivity contribution < 1.29 is 9.53 Å². The molecule has 2 saturated heterocycles. The second-order valence-corrected chi connectivity index (χ2v) is 9.00. The van der Waals surface area contributed by atoms with Gasteiger partial charge in [-0.3, -0.25) is 4.99 Å². The van der Waals surface area contributed by atoms with Crippen molar-refractivity contribution in [3.63, 3.8) is 0 Å². The van der Waals surface area contributed by atoms with Gasteiger partial charge < -0.3 is 24.8 Å². The number of rotatable bonds is 3. The Labute approximate surface area is 203 Å². The van der Waals surface area contributed by atoms with Crippen LogP contribution in [0.1, 0.15) is 33.6 Å². The number of piperidine rings is 1. The number of likely N-dealkylation sites (tertiary alicyclic amines) is 1. The van der Waals surface area contributed by atoms with E-state index in [4.69, 9.17) is 4.74 Å². The summed E-state index contributed by atoms with van der Waals surface area (Å²) in [4.78, 5) is 27.6. The molecule has 0 bridgehead atoms. The minimum Gasteiger partial charge on any atom is -0.444 e. The van der Waals surface area contributed by atoms with Crippen molar-refractivity contribution in [2.75, 3.05) is 57.8 Å². The highest BCUT2D eigenvalue weighted by Crippen LogP contribution is 2.19. The van der Waals surface area contributed by atoms with Crippen LogP contribution in [0.3, 0.4) is 0 Å². The first-order chi connectivity index (χ1) is 14.4. The normalized spacial score (nSPS) is 18.5. The van der Waals surface area contributed by atoms with E-state index in [1.165, 1.54) is 0 Å². The van der Waals surface area contributed by atoms with Crippen LogP contribution in [0.15, 0.2) is 29.4 Å². The van der Waals surface area contributed by atoms with Crippen molar-refractivity contribution in [2.45, 2.75) is 39.2 Å². The molecule has 8 nitrogen and oxygen atoms in total. The minimum atomic E-state index is -0.442. The molecule has 1 aromatic heterocycles. The van der Waals surface area contributed by atoms with E-state index in [9.17, 15) is 4.79 Å². The highest BCUT2D eigenvalue weighted by Gasteiger charge is 2.27. The van der Waals surface area contributed by atoms with Crippen LogP contribution in [0.5, 0.6) is 0 Å². The van der Waals surface area contributed by atoms with Crippen LogP contribution in [-0.4, -0.2) is 85.3 Å². The van der Waals surface area contributed by atoms with Crippen LogP contribution in [0, 0.1) is 5.92 Å². The van der Waals surface area contributed by atoms with Gasteiger partial charge in [0.2, 0.25) is 0 Å². The van der Waals surface area contributed by atoms with Crippen molar-refractivity contribution >= 4 is 41.8 Å². The Bertz CT molecular complexity index is 708. The quantitative estimate of drug-likeness (QED) is 0.359. The standard InChI is InChI=1S/C22H36N6O2.HI/c1-22(2,3)30-21(29)28-11-8-18(9-12-28)17-25-20(23-4)27-15-13-26(14-16-27)19-7-5-6-10-24-19;/h5-7,10,18H,8-9,11-17H2,1-4H3,(H,23,25);1H. The third-order valence-electron chi connectivity index (χ3n) is 5.58. The number of aliphatic imine (C=N–C) groups is 1. The Morgan fingerprint density at radius 3 is 2.35 bits per heavy atom. The van der Waals surface area contributed by atoms with Gasteiger partial charge in [-0.05, 0) is 51.7 Å². The molecule has 174 valence electrons. The fourth-order valence-electron chi connectivity index (χ4n) is 3.90. The molecule has 0 aromatic carbocycles. The molecule has 31 heavy (non-hydrogen) atoms. The van der Waals surface area contributed by atoms with Gasteiger partial charge in [-0.2, -0.15) is 0 Å². The number of hydrogen-bond donors (Lipinski definition) is 1. The molecule has 0 saturated carbocycles. The molecule has 2 aliphatic heterocycles. The molecule has 0 aliphatic carbocycles. The highest BCUT2D eigenvalue weighted by molar-refractivity contribution is 14.0. The third-order valence-corrected chi connectivity index (χ3v) is 5.58. The molecular weight excluding hydrogens is 507 g/mol. The van der Waals surface area contributed by atoms with Gasteiger partial charge in [-0.15, -0.1) is 24.0 Å². The molecule has 3 heterocycles. The molecule has 0 spiro atoms. The minimum absolute atomic E-state index is 0. The van der Waals surface area contributed by atoms with Crippen LogP contribution >= 0.6 is 24.0 Å². The third kappa shape index (κ3) is 7.69. The van der Waals surface area contributed by atoms with E-state index in [0.29, 0.717) is 5.92 Å². The first kappa shape index (κ1) is 25.5. The SMILES string of the molecule is CN=C(NCC1CCN(C(=O)OC(C)(C)C)CC1)N1CCN(c2ccccn2)CC1.I. The van der Waals surface area contributed by atoms with E-state index in [2.05, 4.69) is 31.2 Å². The van der Waals surface area contributed by atoms with Gasteiger partial charge in [0, 0.05) is 59.1 Å². The topological polar surface area (TPSA) is 73.3 Å². The number of anilines is 1. The summed E-state index contributed by atoms with van der Waals surface area (Å²) in [6.45, 7) is 11.8. The summed E-state index contributed by atoms with van der Waals surface area (Å²) >= 11 is 0. The molecule has 0 atom stereocenters. The van der Waals surface area contributed by atoms with Crippen LogP contribution in [0.25, 0.3) is 0 Å². The Morgan fingerprint density at radius 1 is 1.13 bits per heavy atom. The first-order valence-corrected chi connectivity index (χ1v) is 11.0. The van der Waals surface area contributed by atoms with E-state index < -0.39 is 5.60 Å². The number of guanidine groups is 1. The van der Waals surface area contributed by atoms with Gasteiger partial charge in [-0.25, -0.2) is 9.78 Å². The van der Waals surface area contributed by atoms with E-state index in [1.807, 2.05) is 51.0 Å². The van der Waals surface area contributed by atoms with Crippen molar-refractivity contribution in [1.82, 2.24) is 20.1 Å². The van der Waals surface area contributed by atoms with Crippen LogP contribution in [0.2, 0.25) is 0 Å². The van der Waals surface area contributed by atoms with Crippen LogP contribution in [0.4, 0.5) is 10.6 Å². The zero-order chi connectivity index (χ0) is 21.6. The molecule has 2 fully saturated rings. The second-order valence-electron chi connectivity index (χ2n) is 9.00. The number of nitrogens with one attached hydrogen (secondary N) is 1. The zero-order valence-corrected chi connectivity index (χ0v) is 21.5. The van der Waals surface area contributed by atoms with Crippen molar-refractivity contribution in [2.24, 2.45) is 10.9 Å². The molecule has 1 amide bonds. The summed E-state index contributed by atoms with van der Waals surface area (Å²) < 4.78 is 5.49. The van der Waals surface area contributed by atoms with E-state index in [1.54, 1.807) is 0 Å². The Balaban J connectivity index is 0.00000341. The Hall–Kier alpha value is -1.78. The van der Waals surface area contributed by atoms with E-state index >= 15 is 0 Å². The first-order valence-electron chi connectivity index (χ1n) is 11.0. The Morgan fingerprint density at radius 2 is 1.81 bits per heavy atom. The second kappa shape index (κ2) is 11.7. The van der Waals surface area contributed by atoms with Gasteiger partial charge in [0.1, 0.15) is 11.4 Å². The number of carbonyl (C=O) groups excluding carboxylic acids is 1. The van der Waals surface area contributed by atoms with Gasteiger partial charge in [0.25, 0.3) is 0 Å². The van der Waals surface area contributed by atoms with Crippen LogP contribution < -0.4 is 10.2 Å². The monoisotopic (exact) mass is 544 g/mol. The lowest BCUT2D eigenvalue weighted by Gasteiger charge is -2.38. The average molecular weight is 544 g/mol. The summed E-state index contributed by atoms with van der Waals surface area (Å²) in [6.07, 6.45) is 3.61. The van der Waals surface area contributed by atoms with Crippen molar-refractivity contribution in [3.05, 3.63) is 24.4 Å². The van der Waals surface area contributed by atoms with Crippen molar-refractivity contribution in [1.29, 1.82) is 0 Å². The molecule has 0 radical (unpaired) electrons. The average Bonchev–Trinajstić information content (AvgIpc) is 2.74. The molecule has 1 N–H and O–H groups in total. The number of amides is 1. The molecule has 9 heteroatoms. The maximum Gasteiger partial charge on any atom is 0.410 e. The lowest BCUT2D eigenvalue weighted by molar-refractivity contribution is 0.0185. The largest absolute Gasteiger partial charge is 0.444 e. The zero-order valence-electron chi connectivity index (χ0n) is 19.2. The number of carbonyl (C=O) groups is 1. The number of aromatic nitrogens is 1. The number of nitrogens with zero attached hydrogens (tertiary/aromatic N) is 5. The molecule has 2 aliphatic rings. The highest BCUT2D eigenvalue weighted by atomic mass is 127. The fourth-order valence-corrected chi connectivity index (χ4v) is 3.90. The number of piperazine rings is 1. The summed E-state index contributed by atoms with van der Waals surface area (Å²) in [5.41, 5.74) is -0.442. The smallest absolute Gasteiger partial charge is 0.410 e. The van der Waals surface area contributed by atoms with Crippen molar-refractivity contribution in [3.8, 4) is 0 Å². The number of halogens is 1. The Kier molecular flexibility index (Phi) is 9.64. The molecule has 3 rings (SSSR count). The summed E-state index contributed by atoms with van der Waals surface area (Å²) in [7, 11) is 1.85. The lowest BCUT2D eigenvalue weighted by Crippen LogP contribution is -2.53. The lowest BCUT2D eigenvalue weighted by atomic mass is 9.97. The number of pyridine rings is 1. The van der Waals surface area contributed by atoms with Gasteiger partial charge in [-0.1, -0.05) is 6.07 Å². The maximum atomic E-state index is 12.2.